The van der Waals surface area contributed by atoms with Gasteiger partial charge in [0.1, 0.15) is 5.60 Å². The van der Waals surface area contributed by atoms with Crippen molar-refractivity contribution < 1.29 is 9.53 Å². The summed E-state index contributed by atoms with van der Waals surface area (Å²) in [7, 11) is 0. The lowest BCUT2D eigenvalue weighted by molar-refractivity contribution is 0.0471. The fourth-order valence-corrected chi connectivity index (χ4v) is 2.53. The van der Waals surface area contributed by atoms with Crippen LogP contribution in [0.3, 0.4) is 0 Å². The Labute approximate surface area is 126 Å². The molecule has 6 nitrogen and oxygen atoms in total. The van der Waals surface area contributed by atoms with Crippen LogP contribution in [-0.2, 0) is 11.3 Å². The first kappa shape index (κ1) is 15.8. The number of rotatable bonds is 4. The summed E-state index contributed by atoms with van der Waals surface area (Å²) in [6.45, 7) is 9.42. The number of likely N-dealkylation sites (tertiary alicyclic amines) is 1. The molecule has 0 bridgehead atoms. The molecule has 1 amide bonds. The Morgan fingerprint density at radius 3 is 2.90 bits per heavy atom. The highest BCUT2D eigenvalue weighted by molar-refractivity contribution is 5.68. The molecular formula is C15H26N4O2. The maximum atomic E-state index is 11.8. The van der Waals surface area contributed by atoms with Gasteiger partial charge in [-0.25, -0.2) is 4.79 Å². The molecule has 118 valence electrons. The van der Waals surface area contributed by atoms with Gasteiger partial charge in [-0.3, -0.25) is 9.58 Å². The van der Waals surface area contributed by atoms with Crippen LogP contribution in [0.2, 0.25) is 0 Å². The predicted octanol–water partition coefficient (Wildman–Crippen LogP) is 1.87. The smallest absolute Gasteiger partial charge is 0.407 e. The molecule has 0 aromatic carbocycles. The molecule has 2 heterocycles. The maximum Gasteiger partial charge on any atom is 0.407 e. The second-order valence-corrected chi connectivity index (χ2v) is 6.56. The Balaban J connectivity index is 1.74. The molecule has 6 heteroatoms. The third-order valence-electron chi connectivity index (χ3n) is 3.43. The Morgan fingerprint density at radius 2 is 2.24 bits per heavy atom. The number of nitrogens with zero attached hydrogens (tertiary/aromatic N) is 3. The predicted molar refractivity (Wildman–Crippen MR) is 81.1 cm³/mol. The van der Waals surface area contributed by atoms with Crippen LogP contribution in [0.5, 0.6) is 0 Å². The van der Waals surface area contributed by atoms with Crippen LogP contribution >= 0.6 is 0 Å². The molecule has 21 heavy (non-hydrogen) atoms. The molecule has 1 aromatic heterocycles. The average molecular weight is 294 g/mol. The number of hydrogen-bond donors (Lipinski definition) is 1. The number of amides is 1. The summed E-state index contributed by atoms with van der Waals surface area (Å²) in [5.74, 6) is 0. The molecular weight excluding hydrogens is 268 g/mol. The minimum absolute atomic E-state index is 0.172. The van der Waals surface area contributed by atoms with Crippen LogP contribution in [0.4, 0.5) is 4.79 Å². The molecule has 1 atom stereocenters. The van der Waals surface area contributed by atoms with Crippen LogP contribution in [0.25, 0.3) is 0 Å². The van der Waals surface area contributed by atoms with Crippen molar-refractivity contribution in [1.29, 1.82) is 0 Å². The topological polar surface area (TPSA) is 59.4 Å². The van der Waals surface area contributed by atoms with Gasteiger partial charge in [0.15, 0.2) is 0 Å². The number of hydrogen-bond acceptors (Lipinski definition) is 4. The first-order chi connectivity index (χ1) is 9.92. The lowest BCUT2D eigenvalue weighted by Gasteiger charge is -2.33. The molecule has 1 fully saturated rings. The summed E-state index contributed by atoms with van der Waals surface area (Å²) in [5.41, 5.74) is -0.446. The van der Waals surface area contributed by atoms with Gasteiger partial charge in [0.05, 0.1) is 6.54 Å². The minimum atomic E-state index is -0.446. The van der Waals surface area contributed by atoms with E-state index in [0.29, 0.717) is 0 Å². The number of ether oxygens (including phenoxy) is 1. The number of nitrogens with one attached hydrogen (secondary N) is 1. The second kappa shape index (κ2) is 6.93. The van der Waals surface area contributed by atoms with Crippen molar-refractivity contribution in [3.63, 3.8) is 0 Å². The monoisotopic (exact) mass is 294 g/mol. The van der Waals surface area contributed by atoms with Crippen molar-refractivity contribution in [2.24, 2.45) is 0 Å². The minimum Gasteiger partial charge on any atom is -0.444 e. The molecule has 1 N–H and O–H groups in total. The highest BCUT2D eigenvalue weighted by Gasteiger charge is 2.23. The van der Waals surface area contributed by atoms with E-state index in [1.54, 1.807) is 6.20 Å². The summed E-state index contributed by atoms with van der Waals surface area (Å²) < 4.78 is 7.25. The number of alkyl carbamates (subject to hydrolysis) is 1. The Bertz CT molecular complexity index is 439. The van der Waals surface area contributed by atoms with Gasteiger partial charge in [-0.1, -0.05) is 0 Å². The second-order valence-electron chi connectivity index (χ2n) is 6.56. The lowest BCUT2D eigenvalue weighted by Crippen LogP contribution is -2.49. The molecule has 1 saturated heterocycles. The van der Waals surface area contributed by atoms with Gasteiger partial charge >= 0.3 is 6.09 Å². The summed E-state index contributed by atoms with van der Waals surface area (Å²) >= 11 is 0. The molecule has 2 rings (SSSR count). The van der Waals surface area contributed by atoms with Crippen molar-refractivity contribution in [3.8, 4) is 0 Å². The summed E-state index contributed by atoms with van der Waals surface area (Å²) in [5, 5.41) is 7.18. The molecule has 0 spiro atoms. The first-order valence-electron chi connectivity index (χ1n) is 7.62. The number of aromatic nitrogens is 2. The Hall–Kier alpha value is -1.56. The van der Waals surface area contributed by atoms with Gasteiger partial charge in [0, 0.05) is 31.5 Å². The quantitative estimate of drug-likeness (QED) is 0.921. The molecule has 1 aromatic rings. The molecule has 1 aliphatic heterocycles. The average Bonchev–Trinajstić information content (AvgIpc) is 2.87. The fraction of sp³-hybridized carbons (Fsp3) is 0.733. The van der Waals surface area contributed by atoms with Crippen molar-refractivity contribution >= 4 is 6.09 Å². The van der Waals surface area contributed by atoms with E-state index in [9.17, 15) is 4.79 Å². The Kier molecular flexibility index (Phi) is 5.22. The standard InChI is InChI=1S/C15H26N4O2/c1-15(2,3)21-14(20)17-13-6-4-8-18(12-13)10-11-19-9-5-7-16-19/h5,7,9,13H,4,6,8,10-12H2,1-3H3,(H,17,20)/t13-/m1/s1. The summed E-state index contributed by atoms with van der Waals surface area (Å²) in [6.07, 6.45) is 5.56. The zero-order chi connectivity index (χ0) is 15.3. The zero-order valence-electron chi connectivity index (χ0n) is 13.2. The first-order valence-corrected chi connectivity index (χ1v) is 7.62. The van der Waals surface area contributed by atoms with Crippen LogP contribution in [-0.4, -0.2) is 52.1 Å². The van der Waals surface area contributed by atoms with Gasteiger partial charge in [-0.05, 0) is 46.2 Å². The van der Waals surface area contributed by atoms with Crippen molar-refractivity contribution in [2.45, 2.75) is 51.8 Å². The number of carbonyl (C=O) groups is 1. The largest absolute Gasteiger partial charge is 0.444 e. The van der Waals surface area contributed by atoms with E-state index < -0.39 is 5.60 Å². The highest BCUT2D eigenvalue weighted by atomic mass is 16.6. The molecule has 0 saturated carbocycles. The number of piperidine rings is 1. The van der Waals surface area contributed by atoms with Crippen LogP contribution in [0, 0.1) is 0 Å². The maximum absolute atomic E-state index is 11.8. The van der Waals surface area contributed by atoms with E-state index >= 15 is 0 Å². The third kappa shape index (κ3) is 5.75. The normalized spacial score (nSPS) is 20.2. The lowest BCUT2D eigenvalue weighted by atomic mass is 10.1. The molecule has 0 aliphatic carbocycles. The summed E-state index contributed by atoms with van der Waals surface area (Å²) in [4.78, 5) is 14.2. The fourth-order valence-electron chi connectivity index (χ4n) is 2.53. The molecule has 0 unspecified atom stereocenters. The third-order valence-corrected chi connectivity index (χ3v) is 3.43. The van der Waals surface area contributed by atoms with Crippen molar-refractivity contribution in [3.05, 3.63) is 18.5 Å². The van der Waals surface area contributed by atoms with Crippen molar-refractivity contribution in [2.75, 3.05) is 19.6 Å². The van der Waals surface area contributed by atoms with Gasteiger partial charge < -0.3 is 10.1 Å². The SMILES string of the molecule is CC(C)(C)OC(=O)N[C@@H]1CCCN(CCn2cccn2)C1. The van der Waals surface area contributed by atoms with Crippen molar-refractivity contribution in [1.82, 2.24) is 20.0 Å². The van der Waals surface area contributed by atoms with E-state index in [2.05, 4.69) is 15.3 Å². The van der Waals surface area contributed by atoms with Crippen LogP contribution in [0.15, 0.2) is 18.5 Å². The Morgan fingerprint density at radius 1 is 1.43 bits per heavy atom. The van der Waals surface area contributed by atoms with Crippen LogP contribution < -0.4 is 5.32 Å². The van der Waals surface area contributed by atoms with Gasteiger partial charge in [0.2, 0.25) is 0 Å². The van der Waals surface area contributed by atoms with Gasteiger partial charge in [-0.15, -0.1) is 0 Å². The molecule has 1 aliphatic rings. The van der Waals surface area contributed by atoms with E-state index in [0.717, 1.165) is 39.0 Å². The van der Waals surface area contributed by atoms with E-state index in [1.165, 1.54) is 0 Å². The highest BCUT2D eigenvalue weighted by Crippen LogP contribution is 2.12. The summed E-state index contributed by atoms with van der Waals surface area (Å²) in [6, 6.07) is 2.11. The van der Waals surface area contributed by atoms with Gasteiger partial charge in [0.25, 0.3) is 0 Å². The molecule has 0 radical (unpaired) electrons. The zero-order valence-corrected chi connectivity index (χ0v) is 13.2. The van der Waals surface area contributed by atoms with Gasteiger partial charge in [-0.2, -0.15) is 5.10 Å². The van der Waals surface area contributed by atoms with E-state index in [4.69, 9.17) is 4.74 Å². The number of carbonyl (C=O) groups excluding carboxylic acids is 1. The van der Waals surface area contributed by atoms with E-state index in [-0.39, 0.29) is 12.1 Å². The van der Waals surface area contributed by atoms with E-state index in [1.807, 2.05) is 37.7 Å². The van der Waals surface area contributed by atoms with Crippen LogP contribution in [0.1, 0.15) is 33.6 Å².